The van der Waals surface area contributed by atoms with Gasteiger partial charge in [-0.1, -0.05) is 23.8 Å². The summed E-state index contributed by atoms with van der Waals surface area (Å²) in [6.07, 6.45) is 1.53. The summed E-state index contributed by atoms with van der Waals surface area (Å²) in [4.78, 5) is 11.9. The number of carbonyl (C=O) groups is 1. The molecule has 1 amide bonds. The van der Waals surface area contributed by atoms with Crippen molar-refractivity contribution in [1.82, 2.24) is 10.6 Å². The minimum Gasteiger partial charge on any atom is -0.352 e. The van der Waals surface area contributed by atoms with Gasteiger partial charge in [0.25, 0.3) is 0 Å². The van der Waals surface area contributed by atoms with Crippen molar-refractivity contribution in [2.75, 3.05) is 13.1 Å². The third kappa shape index (κ3) is 3.30. The van der Waals surface area contributed by atoms with E-state index in [1.54, 1.807) is 0 Å². The Balaban J connectivity index is 1.95. The highest BCUT2D eigenvalue weighted by molar-refractivity contribution is 5.79. The molecule has 3 nitrogen and oxygen atoms in total. The maximum absolute atomic E-state index is 11.9. The first-order valence-corrected chi connectivity index (χ1v) is 6.21. The molecule has 0 radical (unpaired) electrons. The normalized spacial score (nSPS) is 19.3. The zero-order valence-electron chi connectivity index (χ0n) is 10.5. The van der Waals surface area contributed by atoms with Crippen LogP contribution in [0.3, 0.4) is 0 Å². The molecule has 1 aliphatic heterocycles. The summed E-state index contributed by atoms with van der Waals surface area (Å²) in [6, 6.07) is 6.57. The van der Waals surface area contributed by atoms with E-state index < -0.39 is 0 Å². The van der Waals surface area contributed by atoms with Gasteiger partial charge in [-0.2, -0.15) is 0 Å². The summed E-state index contributed by atoms with van der Waals surface area (Å²) in [5.74, 6) is 0.132. The Hall–Kier alpha value is -1.35. The number of amides is 1. The van der Waals surface area contributed by atoms with Gasteiger partial charge in [0, 0.05) is 12.6 Å². The number of carbonyl (C=O) groups excluding carboxylic acids is 1. The van der Waals surface area contributed by atoms with Gasteiger partial charge in [-0.3, -0.25) is 4.79 Å². The summed E-state index contributed by atoms with van der Waals surface area (Å²) in [5.41, 5.74) is 3.53. The van der Waals surface area contributed by atoms with Gasteiger partial charge in [-0.15, -0.1) is 0 Å². The molecule has 3 heteroatoms. The van der Waals surface area contributed by atoms with Gasteiger partial charge in [0.15, 0.2) is 0 Å². The van der Waals surface area contributed by atoms with Gasteiger partial charge in [-0.05, 0) is 37.9 Å². The topological polar surface area (TPSA) is 41.1 Å². The molecule has 0 spiro atoms. The first kappa shape index (κ1) is 12.1. The lowest BCUT2D eigenvalue weighted by Gasteiger charge is -2.12. The molecule has 0 aliphatic carbocycles. The number of rotatable bonds is 3. The minimum absolute atomic E-state index is 0.132. The van der Waals surface area contributed by atoms with Crippen LogP contribution in [0.15, 0.2) is 18.2 Å². The molecule has 0 aromatic heterocycles. The molecular weight excluding hydrogens is 212 g/mol. The highest BCUT2D eigenvalue weighted by Gasteiger charge is 2.16. The van der Waals surface area contributed by atoms with Gasteiger partial charge < -0.3 is 10.6 Å². The Morgan fingerprint density at radius 2 is 2.29 bits per heavy atom. The summed E-state index contributed by atoms with van der Waals surface area (Å²) in [5, 5.41) is 6.32. The molecule has 92 valence electrons. The SMILES string of the molecule is Cc1ccc(C)c(CC(=O)N[C@@H]2CCNC2)c1. The van der Waals surface area contributed by atoms with Crippen molar-refractivity contribution in [2.45, 2.75) is 32.7 Å². The van der Waals surface area contributed by atoms with Crippen LogP contribution in [-0.2, 0) is 11.2 Å². The van der Waals surface area contributed by atoms with E-state index in [2.05, 4.69) is 42.7 Å². The van der Waals surface area contributed by atoms with Crippen molar-refractivity contribution in [3.63, 3.8) is 0 Å². The Morgan fingerprint density at radius 1 is 1.47 bits per heavy atom. The van der Waals surface area contributed by atoms with Crippen LogP contribution in [0, 0.1) is 13.8 Å². The number of hydrogen-bond donors (Lipinski definition) is 2. The average Bonchev–Trinajstić information content (AvgIpc) is 2.76. The summed E-state index contributed by atoms with van der Waals surface area (Å²) in [7, 11) is 0. The number of nitrogens with one attached hydrogen (secondary N) is 2. The fourth-order valence-electron chi connectivity index (χ4n) is 2.22. The Kier molecular flexibility index (Phi) is 3.79. The molecule has 1 saturated heterocycles. The van der Waals surface area contributed by atoms with Crippen LogP contribution in [0.5, 0.6) is 0 Å². The molecule has 0 saturated carbocycles. The van der Waals surface area contributed by atoms with Crippen molar-refractivity contribution < 1.29 is 4.79 Å². The standard InChI is InChI=1S/C14H20N2O/c1-10-3-4-11(2)12(7-10)8-14(17)16-13-5-6-15-9-13/h3-4,7,13,15H,5-6,8-9H2,1-2H3,(H,16,17)/t13-/m1/s1. The van der Waals surface area contributed by atoms with Crippen molar-refractivity contribution in [3.8, 4) is 0 Å². The van der Waals surface area contributed by atoms with Crippen LogP contribution >= 0.6 is 0 Å². The predicted octanol–water partition coefficient (Wildman–Crippen LogP) is 1.32. The van der Waals surface area contributed by atoms with E-state index in [-0.39, 0.29) is 5.91 Å². The summed E-state index contributed by atoms with van der Waals surface area (Å²) < 4.78 is 0. The van der Waals surface area contributed by atoms with E-state index in [1.807, 2.05) is 0 Å². The predicted molar refractivity (Wildman–Crippen MR) is 69.0 cm³/mol. The molecule has 0 unspecified atom stereocenters. The second-order valence-electron chi connectivity index (χ2n) is 4.86. The van der Waals surface area contributed by atoms with Crippen LogP contribution in [0.4, 0.5) is 0 Å². The van der Waals surface area contributed by atoms with Crippen molar-refractivity contribution in [3.05, 3.63) is 34.9 Å². The maximum Gasteiger partial charge on any atom is 0.224 e. The zero-order chi connectivity index (χ0) is 12.3. The molecule has 17 heavy (non-hydrogen) atoms. The second kappa shape index (κ2) is 5.32. The van der Waals surface area contributed by atoms with E-state index in [1.165, 1.54) is 11.1 Å². The van der Waals surface area contributed by atoms with Crippen molar-refractivity contribution >= 4 is 5.91 Å². The minimum atomic E-state index is 0.132. The van der Waals surface area contributed by atoms with E-state index in [9.17, 15) is 4.79 Å². The first-order chi connectivity index (χ1) is 8.15. The van der Waals surface area contributed by atoms with E-state index >= 15 is 0 Å². The quantitative estimate of drug-likeness (QED) is 0.825. The average molecular weight is 232 g/mol. The first-order valence-electron chi connectivity index (χ1n) is 6.21. The van der Waals surface area contributed by atoms with E-state index in [4.69, 9.17) is 0 Å². The molecular formula is C14H20N2O. The highest BCUT2D eigenvalue weighted by Crippen LogP contribution is 2.11. The van der Waals surface area contributed by atoms with Crippen LogP contribution in [0.1, 0.15) is 23.1 Å². The lowest BCUT2D eigenvalue weighted by molar-refractivity contribution is -0.121. The third-order valence-corrected chi connectivity index (χ3v) is 3.28. The third-order valence-electron chi connectivity index (χ3n) is 3.28. The molecule has 1 heterocycles. The van der Waals surface area contributed by atoms with Gasteiger partial charge in [0.05, 0.1) is 6.42 Å². The summed E-state index contributed by atoms with van der Waals surface area (Å²) >= 11 is 0. The molecule has 1 aliphatic rings. The van der Waals surface area contributed by atoms with Crippen LogP contribution in [0.2, 0.25) is 0 Å². The lowest BCUT2D eigenvalue weighted by Crippen LogP contribution is -2.37. The maximum atomic E-state index is 11.9. The van der Waals surface area contributed by atoms with Crippen LogP contribution in [0.25, 0.3) is 0 Å². The zero-order valence-corrected chi connectivity index (χ0v) is 10.5. The fourth-order valence-corrected chi connectivity index (χ4v) is 2.22. The van der Waals surface area contributed by atoms with E-state index in [0.29, 0.717) is 12.5 Å². The second-order valence-corrected chi connectivity index (χ2v) is 4.86. The molecule has 1 aromatic carbocycles. The number of aryl methyl sites for hydroxylation is 2. The Morgan fingerprint density at radius 3 is 3.00 bits per heavy atom. The van der Waals surface area contributed by atoms with Crippen LogP contribution < -0.4 is 10.6 Å². The van der Waals surface area contributed by atoms with Gasteiger partial charge in [0.1, 0.15) is 0 Å². The van der Waals surface area contributed by atoms with Gasteiger partial charge in [0.2, 0.25) is 5.91 Å². The smallest absolute Gasteiger partial charge is 0.224 e. The molecule has 1 aromatic rings. The Labute approximate surface area is 103 Å². The Bertz CT molecular complexity index is 409. The molecule has 1 fully saturated rings. The monoisotopic (exact) mass is 232 g/mol. The molecule has 2 N–H and O–H groups in total. The highest BCUT2D eigenvalue weighted by atomic mass is 16.1. The van der Waals surface area contributed by atoms with Crippen molar-refractivity contribution in [1.29, 1.82) is 0 Å². The molecule has 0 bridgehead atoms. The largest absolute Gasteiger partial charge is 0.352 e. The van der Waals surface area contributed by atoms with E-state index in [0.717, 1.165) is 25.1 Å². The van der Waals surface area contributed by atoms with Crippen molar-refractivity contribution in [2.24, 2.45) is 0 Å². The molecule has 1 atom stereocenters. The number of benzene rings is 1. The lowest BCUT2D eigenvalue weighted by atomic mass is 10.0. The summed E-state index contributed by atoms with van der Waals surface area (Å²) in [6.45, 7) is 6.02. The van der Waals surface area contributed by atoms with Crippen LogP contribution in [-0.4, -0.2) is 25.0 Å². The fraction of sp³-hybridized carbons (Fsp3) is 0.500. The number of hydrogen-bond acceptors (Lipinski definition) is 2. The van der Waals surface area contributed by atoms with Gasteiger partial charge >= 0.3 is 0 Å². The molecule has 2 rings (SSSR count). The van der Waals surface area contributed by atoms with Gasteiger partial charge in [-0.25, -0.2) is 0 Å².